The van der Waals surface area contributed by atoms with Gasteiger partial charge in [-0.05, 0) is 93.7 Å². The first-order chi connectivity index (χ1) is 29.6. The van der Waals surface area contributed by atoms with Crippen LogP contribution >= 0.6 is 11.6 Å². The Kier molecular flexibility index (Phi) is 14.1. The molecule has 0 aromatic heterocycles. The first-order valence-electron chi connectivity index (χ1n) is 21.1. The molecule has 1 heterocycles. The van der Waals surface area contributed by atoms with Gasteiger partial charge in [-0.3, -0.25) is 4.79 Å². The molecule has 0 aliphatic carbocycles. The van der Waals surface area contributed by atoms with E-state index in [4.69, 9.17) is 25.5 Å². The van der Waals surface area contributed by atoms with E-state index in [9.17, 15) is 4.79 Å². The summed E-state index contributed by atoms with van der Waals surface area (Å²) in [4.78, 5) is 30.4. The zero-order valence-electron chi connectivity index (χ0n) is 35.4. The summed E-state index contributed by atoms with van der Waals surface area (Å²) in [6, 6.07) is 55.6. The minimum absolute atomic E-state index is 0.00512. The van der Waals surface area contributed by atoms with Gasteiger partial charge in [0.15, 0.2) is 0 Å². The number of methoxy groups -OCH3 is 1. The lowest BCUT2D eigenvalue weighted by molar-refractivity contribution is -0.134. The third-order valence-corrected chi connectivity index (χ3v) is 17.2. The number of hydrogen-bond acceptors (Lipinski definition) is 6. The molecular weight excluding hydrogens is 796 g/mol. The number of anilines is 1. The number of rotatable bonds is 17. The Labute approximate surface area is 366 Å². The summed E-state index contributed by atoms with van der Waals surface area (Å²) in [5.41, 5.74) is 3.71. The Morgan fingerprint density at radius 3 is 1.84 bits per heavy atom. The van der Waals surface area contributed by atoms with Gasteiger partial charge in [-0.15, -0.1) is 0 Å². The van der Waals surface area contributed by atoms with Crippen LogP contribution in [0.5, 0.6) is 5.75 Å². The average Bonchev–Trinajstić information content (AvgIpc) is 3.68. The lowest BCUT2D eigenvalue weighted by atomic mass is 9.82. The van der Waals surface area contributed by atoms with E-state index in [1.165, 1.54) is 15.3 Å². The third kappa shape index (κ3) is 9.94. The molecule has 1 N–H and O–H groups in total. The van der Waals surface area contributed by atoms with Gasteiger partial charge in [-0.1, -0.05) is 166 Å². The van der Waals surface area contributed by atoms with Crippen molar-refractivity contribution in [1.82, 2.24) is 4.90 Å². The van der Waals surface area contributed by atoms with Crippen LogP contribution in [0.3, 0.4) is 0 Å². The molecule has 1 aliphatic heterocycles. The van der Waals surface area contributed by atoms with Crippen LogP contribution < -0.4 is 20.4 Å². The Balaban J connectivity index is 1.26. The number of para-hydroxylation sites is 1. The van der Waals surface area contributed by atoms with Gasteiger partial charge in [-0.25, -0.2) is 9.69 Å². The number of cyclic esters (lactones) is 1. The number of amides is 2. The van der Waals surface area contributed by atoms with Crippen molar-refractivity contribution in [3.05, 3.63) is 192 Å². The van der Waals surface area contributed by atoms with Gasteiger partial charge < -0.3 is 19.2 Å². The van der Waals surface area contributed by atoms with Crippen LogP contribution in [-0.2, 0) is 14.0 Å². The molecule has 1 saturated heterocycles. The maximum atomic E-state index is 15.4. The maximum Gasteiger partial charge on any atom is 0.417 e. The predicted molar refractivity (Wildman–Crippen MR) is 248 cm³/mol. The molecule has 0 bridgehead atoms. The van der Waals surface area contributed by atoms with Gasteiger partial charge >= 0.3 is 6.09 Å². The van der Waals surface area contributed by atoms with Gasteiger partial charge in [0.1, 0.15) is 18.4 Å². The minimum Gasteiger partial charge on any atom is -0.497 e. The molecule has 0 spiro atoms. The molecule has 9 heteroatoms. The quantitative estimate of drug-likeness (QED) is 0.0921. The minimum atomic E-state index is -2.82. The summed E-state index contributed by atoms with van der Waals surface area (Å²) in [6.07, 6.45) is 1.15. The second kappa shape index (κ2) is 19.8. The normalized spacial score (nSPS) is 15.7. The number of carbonyl (C=O) groups is 2. The van der Waals surface area contributed by atoms with Crippen LogP contribution in [0.4, 0.5) is 10.5 Å². The van der Waals surface area contributed by atoms with E-state index >= 15 is 4.79 Å². The monoisotopic (exact) mass is 850 g/mol. The fourth-order valence-electron chi connectivity index (χ4n) is 8.85. The standard InChI is InChI=1S/C52H55ClN2O5Si/c1-52(2,3)61(45-21-13-7-14-22-45,46-23-15-8-16-24-46)60-36-35-39(38-25-30-42(53)31-26-38)29-34-47(50(56)55-48(37-59-51(55)57)40-17-9-5-10-18-40)49(54-43-19-11-6-12-20-43)41-27-32-44(58-4)33-28-41/h5-28,30-33,39,47-49,54H,29,34-37H2,1-4H3/t39-,47-,48+,49-/m0/s1. The first-order valence-corrected chi connectivity index (χ1v) is 23.4. The Morgan fingerprint density at radius 2 is 1.28 bits per heavy atom. The van der Waals surface area contributed by atoms with E-state index in [1.807, 2.05) is 97.1 Å². The molecule has 61 heavy (non-hydrogen) atoms. The number of ether oxygens (including phenoxy) is 2. The SMILES string of the molecule is COc1ccc([C@H](Nc2ccccc2)[C@H](CC[C@@H](CCO[Si](c2ccccc2)(c2ccccc2)C(C)(C)C)c2ccc(Cl)cc2)C(=O)N2C(=O)OC[C@@H]2c2ccccc2)cc1. The van der Waals surface area contributed by atoms with Crippen molar-refractivity contribution in [1.29, 1.82) is 0 Å². The molecule has 7 nitrogen and oxygen atoms in total. The first kappa shape index (κ1) is 43.4. The van der Waals surface area contributed by atoms with E-state index in [-0.39, 0.29) is 23.5 Å². The van der Waals surface area contributed by atoms with Crippen molar-refractivity contribution in [3.63, 3.8) is 0 Å². The highest BCUT2D eigenvalue weighted by atomic mass is 35.5. The van der Waals surface area contributed by atoms with Crippen LogP contribution in [0.25, 0.3) is 0 Å². The maximum absolute atomic E-state index is 15.4. The highest BCUT2D eigenvalue weighted by molar-refractivity contribution is 6.99. The topological polar surface area (TPSA) is 77.1 Å². The van der Waals surface area contributed by atoms with Crippen LogP contribution in [0.15, 0.2) is 170 Å². The fourth-order valence-corrected chi connectivity index (χ4v) is 13.6. The lowest BCUT2D eigenvalue weighted by Gasteiger charge is -2.43. The summed E-state index contributed by atoms with van der Waals surface area (Å²) < 4.78 is 18.6. The van der Waals surface area contributed by atoms with Crippen molar-refractivity contribution in [3.8, 4) is 5.75 Å². The number of benzene rings is 6. The van der Waals surface area contributed by atoms with Gasteiger partial charge in [-0.2, -0.15) is 0 Å². The second-order valence-electron chi connectivity index (χ2n) is 16.7. The molecular formula is C52H55ClN2O5Si. The van der Waals surface area contributed by atoms with Crippen LogP contribution in [0, 0.1) is 5.92 Å². The zero-order chi connectivity index (χ0) is 42.8. The number of imide groups is 1. The third-order valence-electron chi connectivity index (χ3n) is 12.0. The van der Waals surface area contributed by atoms with Crippen molar-refractivity contribution < 1.29 is 23.5 Å². The van der Waals surface area contributed by atoms with Crippen LogP contribution in [0.1, 0.15) is 74.7 Å². The molecule has 6 aromatic rings. The summed E-state index contributed by atoms with van der Waals surface area (Å²) >= 11 is 6.46. The fraction of sp³-hybridized carbons (Fsp3) is 0.269. The van der Waals surface area contributed by atoms with E-state index in [0.29, 0.717) is 36.6 Å². The van der Waals surface area contributed by atoms with Gasteiger partial charge in [0, 0.05) is 17.3 Å². The summed E-state index contributed by atoms with van der Waals surface area (Å²) in [7, 11) is -1.18. The largest absolute Gasteiger partial charge is 0.497 e. The molecule has 4 atom stereocenters. The molecule has 0 saturated carbocycles. The number of carbonyl (C=O) groups excluding carboxylic acids is 2. The number of halogens is 1. The molecule has 1 aliphatic rings. The van der Waals surface area contributed by atoms with Crippen LogP contribution in [-0.4, -0.2) is 45.5 Å². The molecule has 0 unspecified atom stereocenters. The zero-order valence-corrected chi connectivity index (χ0v) is 37.1. The molecule has 6 aromatic carbocycles. The van der Waals surface area contributed by atoms with Crippen molar-refractivity contribution in [2.45, 2.75) is 63.1 Å². The van der Waals surface area contributed by atoms with Gasteiger partial charge in [0.05, 0.1) is 19.1 Å². The average molecular weight is 852 g/mol. The predicted octanol–water partition coefficient (Wildman–Crippen LogP) is 11.4. The number of hydrogen-bond donors (Lipinski definition) is 1. The Morgan fingerprint density at radius 1 is 0.738 bits per heavy atom. The highest BCUT2D eigenvalue weighted by Gasteiger charge is 2.50. The molecule has 314 valence electrons. The summed E-state index contributed by atoms with van der Waals surface area (Å²) in [5.74, 6) is -0.271. The molecule has 0 radical (unpaired) electrons. The highest BCUT2D eigenvalue weighted by Crippen LogP contribution is 2.41. The van der Waals surface area contributed by atoms with E-state index < -0.39 is 32.4 Å². The van der Waals surface area contributed by atoms with E-state index in [2.05, 4.69) is 98.9 Å². The molecule has 1 fully saturated rings. The molecule has 7 rings (SSSR count). The summed E-state index contributed by atoms with van der Waals surface area (Å²) in [5, 5.41) is 6.64. The van der Waals surface area contributed by atoms with E-state index in [0.717, 1.165) is 22.4 Å². The van der Waals surface area contributed by atoms with Crippen molar-refractivity contribution in [2.24, 2.45) is 5.92 Å². The molecule has 2 amide bonds. The number of nitrogens with one attached hydrogen (secondary N) is 1. The van der Waals surface area contributed by atoms with Crippen LogP contribution in [0.2, 0.25) is 10.1 Å². The van der Waals surface area contributed by atoms with Crippen molar-refractivity contribution in [2.75, 3.05) is 25.6 Å². The smallest absolute Gasteiger partial charge is 0.417 e. The van der Waals surface area contributed by atoms with Gasteiger partial charge in [0.25, 0.3) is 8.32 Å². The Bertz CT molecular complexity index is 2270. The van der Waals surface area contributed by atoms with E-state index in [1.54, 1.807) is 7.11 Å². The summed E-state index contributed by atoms with van der Waals surface area (Å²) in [6.45, 7) is 7.46. The second-order valence-corrected chi connectivity index (χ2v) is 21.4. The Hall–Kier alpha value is -5.67. The number of nitrogens with zero attached hydrogens (tertiary/aromatic N) is 1. The lowest BCUT2D eigenvalue weighted by Crippen LogP contribution is -2.66. The van der Waals surface area contributed by atoms with Crippen molar-refractivity contribution >= 4 is 48.0 Å². The van der Waals surface area contributed by atoms with Gasteiger partial charge in [0.2, 0.25) is 5.91 Å².